The van der Waals surface area contributed by atoms with E-state index in [4.69, 9.17) is 0 Å². The van der Waals surface area contributed by atoms with Crippen LogP contribution in [-0.4, -0.2) is 80.9 Å². The lowest BCUT2D eigenvalue weighted by Gasteiger charge is -2.32. The number of anilines is 2. The SMILES string of the molecule is CC(=O)N1CCC(Nc2nccc3c(NC[C@@H](O)CN4CCc5ccccc5C4)n[nH]c23)CC1. The number of fused-ring (bicyclic) bond motifs is 2. The van der Waals surface area contributed by atoms with E-state index in [9.17, 15) is 9.90 Å². The van der Waals surface area contributed by atoms with Gasteiger partial charge < -0.3 is 20.6 Å². The van der Waals surface area contributed by atoms with Crippen LogP contribution in [0.1, 0.15) is 30.9 Å². The number of rotatable bonds is 7. The molecule has 180 valence electrons. The highest BCUT2D eigenvalue weighted by Gasteiger charge is 2.22. The summed E-state index contributed by atoms with van der Waals surface area (Å²) in [6.07, 6.45) is 4.09. The number of pyridine rings is 1. The minimum absolute atomic E-state index is 0.134. The van der Waals surface area contributed by atoms with Crippen molar-refractivity contribution in [3.63, 3.8) is 0 Å². The molecule has 1 atom stereocenters. The summed E-state index contributed by atoms with van der Waals surface area (Å²) in [6, 6.07) is 10.7. The normalized spacial score (nSPS) is 18.0. The second-order valence-corrected chi connectivity index (χ2v) is 9.37. The number of carbonyl (C=O) groups excluding carboxylic acids is 1. The number of hydrogen-bond donors (Lipinski definition) is 4. The third-order valence-corrected chi connectivity index (χ3v) is 6.95. The van der Waals surface area contributed by atoms with E-state index in [0.29, 0.717) is 13.1 Å². The third-order valence-electron chi connectivity index (χ3n) is 6.95. The second kappa shape index (κ2) is 9.99. The van der Waals surface area contributed by atoms with E-state index in [2.05, 4.69) is 55.0 Å². The number of likely N-dealkylation sites (tertiary alicyclic amines) is 1. The molecule has 0 aliphatic carbocycles. The molecule has 0 spiro atoms. The van der Waals surface area contributed by atoms with Gasteiger partial charge in [-0.05, 0) is 36.5 Å². The lowest BCUT2D eigenvalue weighted by atomic mass is 10.00. The Morgan fingerprint density at radius 2 is 1.97 bits per heavy atom. The van der Waals surface area contributed by atoms with Gasteiger partial charge in [-0.15, -0.1) is 0 Å². The van der Waals surface area contributed by atoms with Crippen molar-refractivity contribution < 1.29 is 9.90 Å². The number of aromatic amines is 1. The minimum atomic E-state index is -0.497. The van der Waals surface area contributed by atoms with Gasteiger partial charge in [-0.3, -0.25) is 14.8 Å². The third kappa shape index (κ3) is 5.00. The maximum Gasteiger partial charge on any atom is 0.219 e. The average molecular weight is 464 g/mol. The highest BCUT2D eigenvalue weighted by molar-refractivity contribution is 5.96. The smallest absolute Gasteiger partial charge is 0.219 e. The Balaban J connectivity index is 1.16. The van der Waals surface area contributed by atoms with Crippen molar-refractivity contribution in [3.8, 4) is 0 Å². The molecule has 9 heteroatoms. The zero-order valence-electron chi connectivity index (χ0n) is 19.6. The van der Waals surface area contributed by atoms with Crippen molar-refractivity contribution in [1.82, 2.24) is 25.0 Å². The van der Waals surface area contributed by atoms with Crippen LogP contribution in [0.5, 0.6) is 0 Å². The molecule has 4 heterocycles. The molecule has 0 unspecified atom stereocenters. The molecule has 1 fully saturated rings. The second-order valence-electron chi connectivity index (χ2n) is 9.37. The van der Waals surface area contributed by atoms with Crippen LogP contribution in [-0.2, 0) is 17.8 Å². The molecular formula is C25H33N7O2. The summed E-state index contributed by atoms with van der Waals surface area (Å²) in [4.78, 5) is 20.3. The van der Waals surface area contributed by atoms with Crippen molar-refractivity contribution in [2.75, 3.05) is 43.4 Å². The van der Waals surface area contributed by atoms with Crippen molar-refractivity contribution in [1.29, 1.82) is 0 Å². The average Bonchev–Trinajstić information content (AvgIpc) is 3.27. The van der Waals surface area contributed by atoms with Crippen LogP contribution in [0.4, 0.5) is 11.6 Å². The lowest BCUT2D eigenvalue weighted by Crippen LogP contribution is -2.41. The molecule has 2 aromatic heterocycles. The maximum absolute atomic E-state index is 11.6. The van der Waals surface area contributed by atoms with E-state index in [-0.39, 0.29) is 11.9 Å². The highest BCUT2D eigenvalue weighted by atomic mass is 16.3. The number of carbonyl (C=O) groups is 1. The Hall–Kier alpha value is -3.17. The fourth-order valence-corrected chi connectivity index (χ4v) is 5.01. The van der Waals surface area contributed by atoms with Gasteiger partial charge in [0.15, 0.2) is 11.6 Å². The molecule has 2 aliphatic heterocycles. The lowest BCUT2D eigenvalue weighted by molar-refractivity contribution is -0.129. The number of aromatic nitrogens is 3. The van der Waals surface area contributed by atoms with Gasteiger partial charge >= 0.3 is 0 Å². The van der Waals surface area contributed by atoms with Gasteiger partial charge in [-0.1, -0.05) is 24.3 Å². The fraction of sp³-hybridized carbons (Fsp3) is 0.480. The highest BCUT2D eigenvalue weighted by Crippen LogP contribution is 2.27. The molecule has 1 amide bonds. The van der Waals surface area contributed by atoms with E-state index >= 15 is 0 Å². The predicted molar refractivity (Wildman–Crippen MR) is 133 cm³/mol. The van der Waals surface area contributed by atoms with E-state index in [1.54, 1.807) is 13.1 Å². The molecule has 0 bridgehead atoms. The van der Waals surface area contributed by atoms with Gasteiger partial charge in [0.2, 0.25) is 5.91 Å². The summed E-state index contributed by atoms with van der Waals surface area (Å²) >= 11 is 0. The first-order chi connectivity index (χ1) is 16.6. The predicted octanol–water partition coefficient (Wildman–Crippen LogP) is 2.21. The fourth-order valence-electron chi connectivity index (χ4n) is 5.01. The van der Waals surface area contributed by atoms with Gasteiger partial charge in [0.05, 0.1) is 6.10 Å². The molecule has 1 saturated heterocycles. The summed E-state index contributed by atoms with van der Waals surface area (Å²) in [5.41, 5.74) is 3.62. The zero-order valence-corrected chi connectivity index (χ0v) is 19.6. The summed E-state index contributed by atoms with van der Waals surface area (Å²) in [7, 11) is 0. The number of H-pyrrole nitrogens is 1. The molecule has 4 N–H and O–H groups in total. The van der Waals surface area contributed by atoms with Gasteiger partial charge in [-0.25, -0.2) is 4.98 Å². The molecule has 2 aliphatic rings. The Morgan fingerprint density at radius 3 is 2.76 bits per heavy atom. The van der Waals surface area contributed by atoms with Crippen LogP contribution in [0.15, 0.2) is 36.5 Å². The first kappa shape index (κ1) is 22.6. The number of β-amino-alcohol motifs (C(OH)–C–C–N with tert-alkyl or cyclic N) is 1. The Labute approximate surface area is 199 Å². The van der Waals surface area contributed by atoms with E-state index in [0.717, 1.165) is 68.0 Å². The Kier molecular flexibility index (Phi) is 6.64. The van der Waals surface area contributed by atoms with E-state index in [1.807, 2.05) is 11.0 Å². The number of hydrogen-bond acceptors (Lipinski definition) is 7. The first-order valence-electron chi connectivity index (χ1n) is 12.1. The number of nitrogens with zero attached hydrogens (tertiary/aromatic N) is 4. The van der Waals surface area contributed by atoms with E-state index < -0.39 is 6.10 Å². The van der Waals surface area contributed by atoms with Gasteiger partial charge in [0.25, 0.3) is 0 Å². The monoisotopic (exact) mass is 463 g/mol. The van der Waals surface area contributed by atoms with Crippen molar-refractivity contribution in [2.45, 2.75) is 44.9 Å². The standard InChI is InChI=1S/C25H33N7O2/c1-17(33)32-12-8-20(9-13-32)28-25-23-22(6-10-26-25)24(30-29-23)27-14-21(34)16-31-11-7-18-4-2-3-5-19(18)15-31/h2-6,10,20-21,34H,7-9,11-16H2,1H3,(H,26,28)(H2,27,29,30)/t21-/m1/s1. The van der Waals surface area contributed by atoms with Crippen LogP contribution in [0.25, 0.3) is 10.9 Å². The first-order valence-corrected chi connectivity index (χ1v) is 12.1. The molecular weight excluding hydrogens is 430 g/mol. The number of aliphatic hydroxyl groups is 1. The molecule has 0 saturated carbocycles. The van der Waals surface area contributed by atoms with Crippen molar-refractivity contribution >= 4 is 28.4 Å². The number of aliphatic hydroxyl groups excluding tert-OH is 1. The summed E-state index contributed by atoms with van der Waals surface area (Å²) < 4.78 is 0. The van der Waals surface area contributed by atoms with Crippen LogP contribution in [0.3, 0.4) is 0 Å². The number of piperidine rings is 1. The van der Waals surface area contributed by atoms with Gasteiger partial charge in [0.1, 0.15) is 5.52 Å². The van der Waals surface area contributed by atoms with Gasteiger partial charge in [-0.2, -0.15) is 5.10 Å². The van der Waals surface area contributed by atoms with E-state index in [1.165, 1.54) is 11.1 Å². The number of amides is 1. The maximum atomic E-state index is 11.6. The van der Waals surface area contributed by atoms with Crippen LogP contribution < -0.4 is 10.6 Å². The molecule has 1 aromatic carbocycles. The van der Waals surface area contributed by atoms with Gasteiger partial charge in [0, 0.05) is 63.8 Å². The Morgan fingerprint density at radius 1 is 1.18 bits per heavy atom. The number of benzene rings is 1. The minimum Gasteiger partial charge on any atom is -0.390 e. The summed E-state index contributed by atoms with van der Waals surface area (Å²) in [5.74, 6) is 1.62. The topological polar surface area (TPSA) is 109 Å². The largest absolute Gasteiger partial charge is 0.390 e. The molecule has 0 radical (unpaired) electrons. The van der Waals surface area contributed by atoms with Crippen molar-refractivity contribution in [2.24, 2.45) is 0 Å². The van der Waals surface area contributed by atoms with Crippen LogP contribution in [0, 0.1) is 0 Å². The summed E-state index contributed by atoms with van der Waals surface area (Å²) in [5, 5.41) is 26.0. The molecule has 5 rings (SSSR count). The zero-order chi connectivity index (χ0) is 23.5. The Bertz CT molecular complexity index is 1140. The quantitative estimate of drug-likeness (QED) is 0.425. The summed E-state index contributed by atoms with van der Waals surface area (Å²) in [6.45, 7) is 6.04. The molecule has 3 aromatic rings. The van der Waals surface area contributed by atoms with Crippen molar-refractivity contribution in [3.05, 3.63) is 47.7 Å². The van der Waals surface area contributed by atoms with Crippen LogP contribution >= 0.6 is 0 Å². The molecule has 34 heavy (non-hydrogen) atoms. The van der Waals surface area contributed by atoms with Crippen LogP contribution in [0.2, 0.25) is 0 Å². The number of nitrogens with one attached hydrogen (secondary N) is 3. The molecule has 9 nitrogen and oxygen atoms in total.